The molecule has 0 spiro atoms. The Morgan fingerprint density at radius 2 is 1.78 bits per heavy atom. The minimum Gasteiger partial charge on any atom is -0.378 e. The van der Waals surface area contributed by atoms with E-state index < -0.39 is 0 Å². The van der Waals surface area contributed by atoms with E-state index >= 15 is 0 Å². The summed E-state index contributed by atoms with van der Waals surface area (Å²) in [4.78, 5) is 29.0. The van der Waals surface area contributed by atoms with Gasteiger partial charge in [0.25, 0.3) is 0 Å². The van der Waals surface area contributed by atoms with Gasteiger partial charge in [-0.2, -0.15) is 0 Å². The van der Waals surface area contributed by atoms with Crippen LogP contribution < -0.4 is 0 Å². The van der Waals surface area contributed by atoms with E-state index in [-0.39, 0.29) is 17.7 Å². The molecule has 2 heterocycles. The van der Waals surface area contributed by atoms with Crippen LogP contribution in [0, 0.1) is 5.92 Å². The maximum absolute atomic E-state index is 12.7. The van der Waals surface area contributed by atoms with Crippen molar-refractivity contribution in [3.63, 3.8) is 0 Å². The molecule has 27 heavy (non-hydrogen) atoms. The summed E-state index contributed by atoms with van der Waals surface area (Å²) in [5, 5.41) is 0. The molecule has 0 aromatic heterocycles. The third kappa shape index (κ3) is 5.19. The molecule has 1 atom stereocenters. The molecule has 2 aliphatic rings. The molecule has 1 unspecified atom stereocenters. The van der Waals surface area contributed by atoms with Gasteiger partial charge in [0.2, 0.25) is 11.8 Å². The zero-order chi connectivity index (χ0) is 19.2. The molecule has 2 saturated heterocycles. The van der Waals surface area contributed by atoms with Crippen molar-refractivity contribution in [3.05, 3.63) is 41.5 Å². The average molecular weight is 370 g/mol. The van der Waals surface area contributed by atoms with Crippen molar-refractivity contribution in [3.8, 4) is 0 Å². The number of benzene rings is 1. The van der Waals surface area contributed by atoms with Crippen LogP contribution in [0.3, 0.4) is 0 Å². The number of hydrogen-bond acceptors (Lipinski definition) is 3. The Balaban J connectivity index is 1.56. The fourth-order valence-electron chi connectivity index (χ4n) is 3.69. The first-order valence-electron chi connectivity index (χ1n) is 9.98. The van der Waals surface area contributed by atoms with Gasteiger partial charge in [-0.1, -0.05) is 38.1 Å². The van der Waals surface area contributed by atoms with Crippen molar-refractivity contribution in [2.45, 2.75) is 32.6 Å². The molecule has 0 bridgehead atoms. The zero-order valence-electron chi connectivity index (χ0n) is 16.4. The Bertz CT molecular complexity index is 675. The second kappa shape index (κ2) is 9.18. The van der Waals surface area contributed by atoms with Crippen LogP contribution in [0.4, 0.5) is 0 Å². The van der Waals surface area contributed by atoms with E-state index in [1.807, 2.05) is 28.0 Å². The highest BCUT2D eigenvalue weighted by molar-refractivity contribution is 5.92. The molecule has 0 radical (unpaired) electrons. The fraction of sp³-hybridized carbons (Fsp3) is 0.545. The molecule has 0 N–H and O–H groups in total. The van der Waals surface area contributed by atoms with Gasteiger partial charge in [0.15, 0.2) is 0 Å². The van der Waals surface area contributed by atoms with Crippen LogP contribution in [0.5, 0.6) is 0 Å². The van der Waals surface area contributed by atoms with Crippen LogP contribution in [-0.2, 0) is 14.3 Å². The SMILES string of the molecule is CC(C)c1ccc(/C=C/C(=O)N2CCCC(C(=O)N3CCOCC3)C2)cc1. The maximum atomic E-state index is 12.7. The van der Waals surface area contributed by atoms with Gasteiger partial charge >= 0.3 is 0 Å². The van der Waals surface area contributed by atoms with Gasteiger partial charge in [-0.3, -0.25) is 9.59 Å². The van der Waals surface area contributed by atoms with E-state index in [1.165, 1.54) is 5.56 Å². The van der Waals surface area contributed by atoms with Crippen LogP contribution in [0.1, 0.15) is 43.7 Å². The Labute approximate surface area is 162 Å². The molecule has 5 nitrogen and oxygen atoms in total. The minimum absolute atomic E-state index is 0.0117. The van der Waals surface area contributed by atoms with Crippen LogP contribution >= 0.6 is 0 Å². The van der Waals surface area contributed by atoms with Crippen LogP contribution in [0.25, 0.3) is 6.08 Å². The molecule has 2 amide bonds. The number of likely N-dealkylation sites (tertiary alicyclic amines) is 1. The highest BCUT2D eigenvalue weighted by Gasteiger charge is 2.31. The van der Waals surface area contributed by atoms with Crippen LogP contribution in [0.15, 0.2) is 30.3 Å². The number of rotatable bonds is 4. The second-order valence-corrected chi connectivity index (χ2v) is 7.72. The maximum Gasteiger partial charge on any atom is 0.246 e. The fourth-order valence-corrected chi connectivity index (χ4v) is 3.69. The standard InChI is InChI=1S/C22H30N2O3/c1-17(2)19-8-5-18(6-9-19)7-10-21(25)24-11-3-4-20(16-24)22(26)23-12-14-27-15-13-23/h5-10,17,20H,3-4,11-16H2,1-2H3/b10-7+. The molecule has 1 aromatic rings. The minimum atomic E-state index is -0.0838. The van der Waals surface area contributed by atoms with Crippen molar-refractivity contribution in [1.29, 1.82) is 0 Å². The third-order valence-electron chi connectivity index (χ3n) is 5.43. The lowest BCUT2D eigenvalue weighted by molar-refractivity contribution is -0.143. The number of carbonyl (C=O) groups is 2. The van der Waals surface area contributed by atoms with E-state index in [2.05, 4.69) is 26.0 Å². The molecular weight excluding hydrogens is 340 g/mol. The lowest BCUT2D eigenvalue weighted by Crippen LogP contribution is -2.49. The molecule has 2 fully saturated rings. The monoisotopic (exact) mass is 370 g/mol. The topological polar surface area (TPSA) is 49.9 Å². The van der Waals surface area contributed by atoms with Gasteiger partial charge in [-0.05, 0) is 36.0 Å². The summed E-state index contributed by atoms with van der Waals surface area (Å²) in [7, 11) is 0. The van der Waals surface area contributed by atoms with Crippen molar-refractivity contribution < 1.29 is 14.3 Å². The smallest absolute Gasteiger partial charge is 0.246 e. The number of piperidine rings is 1. The number of hydrogen-bond donors (Lipinski definition) is 0. The number of carbonyl (C=O) groups excluding carboxylic acids is 2. The van der Waals surface area contributed by atoms with Crippen molar-refractivity contribution >= 4 is 17.9 Å². The molecule has 1 aromatic carbocycles. The average Bonchev–Trinajstić information content (AvgIpc) is 2.72. The van der Waals surface area contributed by atoms with Gasteiger partial charge in [-0.25, -0.2) is 0 Å². The van der Waals surface area contributed by atoms with Gasteiger partial charge in [0.1, 0.15) is 0 Å². The third-order valence-corrected chi connectivity index (χ3v) is 5.43. The Kier molecular flexibility index (Phi) is 6.67. The van der Waals surface area contributed by atoms with Gasteiger partial charge < -0.3 is 14.5 Å². The number of nitrogens with zero attached hydrogens (tertiary/aromatic N) is 2. The summed E-state index contributed by atoms with van der Waals surface area (Å²) in [6, 6.07) is 8.29. The van der Waals surface area contributed by atoms with E-state index in [0.29, 0.717) is 38.8 Å². The highest BCUT2D eigenvalue weighted by Crippen LogP contribution is 2.20. The molecule has 146 valence electrons. The van der Waals surface area contributed by atoms with Crippen molar-refractivity contribution in [2.24, 2.45) is 5.92 Å². The Hall–Kier alpha value is -2.14. The van der Waals surface area contributed by atoms with E-state index in [9.17, 15) is 9.59 Å². The molecule has 0 aliphatic carbocycles. The van der Waals surface area contributed by atoms with Crippen LogP contribution in [-0.4, -0.2) is 61.0 Å². The van der Waals surface area contributed by atoms with Gasteiger partial charge in [0.05, 0.1) is 19.1 Å². The highest BCUT2D eigenvalue weighted by atomic mass is 16.5. The van der Waals surface area contributed by atoms with Gasteiger partial charge in [-0.15, -0.1) is 0 Å². The number of ether oxygens (including phenoxy) is 1. The molecule has 2 aliphatic heterocycles. The summed E-state index contributed by atoms with van der Waals surface area (Å²) in [5.74, 6) is 0.574. The van der Waals surface area contributed by atoms with Crippen molar-refractivity contribution in [2.75, 3.05) is 39.4 Å². The number of amides is 2. The predicted octanol–water partition coefficient (Wildman–Crippen LogP) is 2.92. The quantitative estimate of drug-likeness (QED) is 0.766. The normalized spacial score (nSPS) is 21.1. The van der Waals surface area contributed by atoms with E-state index in [1.54, 1.807) is 6.08 Å². The first-order chi connectivity index (χ1) is 13.0. The first kappa shape index (κ1) is 19.6. The number of morpholine rings is 1. The van der Waals surface area contributed by atoms with Crippen molar-refractivity contribution in [1.82, 2.24) is 9.80 Å². The summed E-state index contributed by atoms with van der Waals surface area (Å²) >= 11 is 0. The Morgan fingerprint density at radius 1 is 1.07 bits per heavy atom. The largest absolute Gasteiger partial charge is 0.378 e. The van der Waals surface area contributed by atoms with E-state index in [0.717, 1.165) is 24.9 Å². The Morgan fingerprint density at radius 3 is 2.44 bits per heavy atom. The van der Waals surface area contributed by atoms with E-state index in [4.69, 9.17) is 4.74 Å². The summed E-state index contributed by atoms with van der Waals surface area (Å²) in [6.07, 6.45) is 5.23. The van der Waals surface area contributed by atoms with Crippen LogP contribution in [0.2, 0.25) is 0 Å². The molecule has 3 rings (SSSR count). The lowest BCUT2D eigenvalue weighted by atomic mass is 9.96. The second-order valence-electron chi connectivity index (χ2n) is 7.72. The summed E-state index contributed by atoms with van der Waals surface area (Å²) < 4.78 is 5.32. The molecular formula is C22H30N2O3. The molecule has 5 heteroatoms. The summed E-state index contributed by atoms with van der Waals surface area (Å²) in [5.41, 5.74) is 2.31. The summed E-state index contributed by atoms with van der Waals surface area (Å²) in [6.45, 7) is 8.12. The zero-order valence-corrected chi connectivity index (χ0v) is 16.4. The first-order valence-corrected chi connectivity index (χ1v) is 9.98. The molecule has 0 saturated carbocycles. The van der Waals surface area contributed by atoms with Gasteiger partial charge in [0, 0.05) is 32.3 Å². The lowest BCUT2D eigenvalue weighted by Gasteiger charge is -2.35. The predicted molar refractivity (Wildman–Crippen MR) is 106 cm³/mol.